The summed E-state index contributed by atoms with van der Waals surface area (Å²) in [7, 11) is -11.7. The van der Waals surface area contributed by atoms with E-state index in [0.29, 0.717) is 51.4 Å². The highest BCUT2D eigenvalue weighted by atomic mass is 32.2. The Labute approximate surface area is 437 Å². The fourth-order valence-electron chi connectivity index (χ4n) is 6.75. The Balaban J connectivity index is 0.925. The fraction of sp³-hybridized carbons (Fsp3) is 0.278. The van der Waals surface area contributed by atoms with Crippen LogP contribution in [0, 0.1) is 20.8 Å². The Bertz CT molecular complexity index is 2880. The first-order valence-electron chi connectivity index (χ1n) is 23.7. The molecule has 1 aromatic heterocycles. The van der Waals surface area contributed by atoms with Gasteiger partial charge in [0.15, 0.2) is 17.5 Å². The van der Waals surface area contributed by atoms with Crippen molar-refractivity contribution in [1.82, 2.24) is 15.0 Å². The van der Waals surface area contributed by atoms with Gasteiger partial charge in [0.2, 0.25) is 0 Å². The second-order valence-electron chi connectivity index (χ2n) is 16.5. The molecule has 0 amide bonds. The smallest absolute Gasteiger partial charge is 0.297 e. The molecule has 0 saturated carbocycles. The van der Waals surface area contributed by atoms with Gasteiger partial charge in [-0.25, -0.2) is 15.0 Å². The summed E-state index contributed by atoms with van der Waals surface area (Å²) in [6.45, 7) is 6.56. The molecule has 0 fully saturated rings. The van der Waals surface area contributed by atoms with Gasteiger partial charge in [0.25, 0.3) is 30.4 Å². The Morgan fingerprint density at radius 3 is 0.760 bits per heavy atom. The van der Waals surface area contributed by atoms with Crippen LogP contribution in [0.4, 0.5) is 0 Å². The molecule has 396 valence electrons. The molecular formula is C54H57N3O15S3. The van der Waals surface area contributed by atoms with E-state index in [1.54, 1.807) is 72.8 Å². The van der Waals surface area contributed by atoms with Crippen LogP contribution in [-0.4, -0.2) is 119 Å². The molecule has 0 atom stereocenters. The first-order chi connectivity index (χ1) is 36.1. The number of nitrogens with zero attached hydrogens (tertiary/aromatic N) is 3. The van der Waals surface area contributed by atoms with Gasteiger partial charge in [-0.2, -0.15) is 25.3 Å². The molecule has 0 unspecified atom stereocenters. The molecule has 21 heteroatoms. The van der Waals surface area contributed by atoms with Crippen LogP contribution in [0.1, 0.15) is 16.7 Å². The number of aryl methyl sites for hydroxylation is 3. The zero-order valence-corrected chi connectivity index (χ0v) is 44.0. The summed E-state index contributed by atoms with van der Waals surface area (Å²) in [5.41, 5.74) is 4.88. The zero-order chi connectivity index (χ0) is 53.1. The molecule has 7 aromatic rings. The van der Waals surface area contributed by atoms with Gasteiger partial charge in [-0.3, -0.25) is 12.5 Å². The Morgan fingerprint density at radius 1 is 0.293 bits per heavy atom. The highest BCUT2D eigenvalue weighted by Gasteiger charge is 2.18. The van der Waals surface area contributed by atoms with E-state index in [4.69, 9.17) is 55.9 Å². The summed E-state index contributed by atoms with van der Waals surface area (Å²) >= 11 is 0. The van der Waals surface area contributed by atoms with Gasteiger partial charge in [0, 0.05) is 16.7 Å². The summed E-state index contributed by atoms with van der Waals surface area (Å²) in [5.74, 6) is 2.88. The second-order valence-corrected chi connectivity index (χ2v) is 21.4. The van der Waals surface area contributed by atoms with E-state index < -0.39 is 30.4 Å². The summed E-state index contributed by atoms with van der Waals surface area (Å²) < 4.78 is 124. The van der Waals surface area contributed by atoms with Gasteiger partial charge in [-0.1, -0.05) is 53.1 Å². The van der Waals surface area contributed by atoms with Crippen LogP contribution in [0.3, 0.4) is 0 Å². The SMILES string of the molecule is Cc1ccc(S(=O)(=O)OCCOCCOc2ccc(-c3nc(-c4ccc(OCCOCCOS(=O)(=O)c5ccc(C)cc5)cc4)nc(-c4ccc(OCCOCCOS(=O)(=O)c5ccc(C)cc5)cc4)n3)cc2)cc1. The molecule has 75 heavy (non-hydrogen) atoms. The van der Waals surface area contributed by atoms with Crippen molar-refractivity contribution in [3.8, 4) is 51.4 Å². The molecule has 6 aromatic carbocycles. The summed E-state index contributed by atoms with van der Waals surface area (Å²) in [6.07, 6.45) is 0. The molecule has 18 nitrogen and oxygen atoms in total. The highest BCUT2D eigenvalue weighted by Crippen LogP contribution is 2.28. The van der Waals surface area contributed by atoms with E-state index in [9.17, 15) is 25.3 Å². The lowest BCUT2D eigenvalue weighted by molar-refractivity contribution is 0.0779. The van der Waals surface area contributed by atoms with E-state index in [2.05, 4.69) is 0 Å². The van der Waals surface area contributed by atoms with Crippen molar-refractivity contribution in [2.45, 2.75) is 35.5 Å². The lowest BCUT2D eigenvalue weighted by Crippen LogP contribution is -2.14. The van der Waals surface area contributed by atoms with Gasteiger partial charge in [-0.15, -0.1) is 0 Å². The minimum Gasteiger partial charge on any atom is -0.491 e. The molecule has 0 aliphatic carbocycles. The topological polar surface area (TPSA) is 224 Å². The summed E-state index contributed by atoms with van der Waals surface area (Å²) in [6, 6.07) is 40.8. The first kappa shape index (κ1) is 56.1. The molecule has 0 radical (unpaired) electrons. The van der Waals surface area contributed by atoms with Crippen molar-refractivity contribution in [3.05, 3.63) is 162 Å². The van der Waals surface area contributed by atoms with Crippen LogP contribution in [0.15, 0.2) is 160 Å². The summed E-state index contributed by atoms with van der Waals surface area (Å²) in [4.78, 5) is 14.7. The Morgan fingerprint density at radius 2 is 0.520 bits per heavy atom. The van der Waals surface area contributed by atoms with E-state index in [-0.39, 0.29) is 94.0 Å². The largest absolute Gasteiger partial charge is 0.491 e. The molecule has 1 heterocycles. The van der Waals surface area contributed by atoms with E-state index in [1.165, 1.54) is 36.4 Å². The predicted molar refractivity (Wildman–Crippen MR) is 278 cm³/mol. The van der Waals surface area contributed by atoms with Crippen molar-refractivity contribution < 1.29 is 66.2 Å². The molecule has 7 rings (SSSR count). The van der Waals surface area contributed by atoms with Crippen LogP contribution in [-0.2, 0) is 57.1 Å². The monoisotopic (exact) mass is 1080 g/mol. The predicted octanol–water partition coefficient (Wildman–Crippen LogP) is 8.20. The number of hydrogen-bond acceptors (Lipinski definition) is 18. The average molecular weight is 1080 g/mol. The van der Waals surface area contributed by atoms with E-state index in [1.807, 2.05) is 57.2 Å². The van der Waals surface area contributed by atoms with Crippen LogP contribution in [0.25, 0.3) is 34.2 Å². The fourth-order valence-corrected chi connectivity index (χ4v) is 9.43. The number of ether oxygens (including phenoxy) is 6. The minimum absolute atomic E-state index is 0.0554. The summed E-state index contributed by atoms with van der Waals surface area (Å²) in [5, 5.41) is 0. The van der Waals surface area contributed by atoms with Crippen LogP contribution >= 0.6 is 0 Å². The number of rotatable bonds is 30. The van der Waals surface area contributed by atoms with Gasteiger partial charge in [0.05, 0.1) is 74.1 Å². The second kappa shape index (κ2) is 27.2. The van der Waals surface area contributed by atoms with Crippen molar-refractivity contribution in [1.29, 1.82) is 0 Å². The lowest BCUT2D eigenvalue weighted by Gasteiger charge is -2.11. The molecule has 0 N–H and O–H groups in total. The van der Waals surface area contributed by atoms with Crippen LogP contribution in [0.2, 0.25) is 0 Å². The molecule has 0 spiro atoms. The van der Waals surface area contributed by atoms with Crippen LogP contribution < -0.4 is 14.2 Å². The third-order valence-corrected chi connectivity index (χ3v) is 14.8. The van der Waals surface area contributed by atoms with Gasteiger partial charge in [0.1, 0.15) is 37.1 Å². The maximum atomic E-state index is 12.4. The van der Waals surface area contributed by atoms with E-state index >= 15 is 0 Å². The standard InChI is InChI=1S/C54H57N3O15S3/c1-40-4-22-49(23-5-40)73(58,59)70-37-31-64-28-34-67-46-16-10-43(11-17-46)52-55-53(44-12-18-47(19-13-44)68-35-29-65-32-38-71-74(60,61)50-24-6-41(2)7-25-50)57-54(56-52)45-14-20-48(21-15-45)69-36-30-66-33-39-72-75(62,63)51-26-8-42(3)9-27-51/h4-27H,28-39H2,1-3H3. The van der Waals surface area contributed by atoms with Gasteiger partial charge < -0.3 is 28.4 Å². The third kappa shape index (κ3) is 17.5. The van der Waals surface area contributed by atoms with Gasteiger partial charge in [-0.05, 0) is 130 Å². The molecule has 0 saturated heterocycles. The van der Waals surface area contributed by atoms with E-state index in [0.717, 1.165) is 16.7 Å². The Hall–Kier alpha value is -6.66. The molecule has 0 aliphatic heterocycles. The lowest BCUT2D eigenvalue weighted by atomic mass is 10.1. The van der Waals surface area contributed by atoms with Crippen molar-refractivity contribution >= 4 is 30.4 Å². The number of benzene rings is 6. The van der Waals surface area contributed by atoms with Gasteiger partial charge >= 0.3 is 0 Å². The normalized spacial score (nSPS) is 11.9. The van der Waals surface area contributed by atoms with Crippen molar-refractivity contribution in [2.75, 3.05) is 79.3 Å². The molecular weight excluding hydrogens is 1030 g/mol. The minimum atomic E-state index is -3.89. The quantitative estimate of drug-likeness (QED) is 0.0305. The molecule has 0 aliphatic rings. The van der Waals surface area contributed by atoms with Crippen molar-refractivity contribution in [2.24, 2.45) is 0 Å². The maximum absolute atomic E-state index is 12.4. The average Bonchev–Trinajstić information content (AvgIpc) is 3.41. The molecule has 0 bridgehead atoms. The number of aromatic nitrogens is 3. The number of hydrogen-bond donors (Lipinski definition) is 0. The Kier molecular flexibility index (Phi) is 20.4. The van der Waals surface area contributed by atoms with Crippen molar-refractivity contribution in [3.63, 3.8) is 0 Å². The zero-order valence-electron chi connectivity index (χ0n) is 41.5. The van der Waals surface area contributed by atoms with Crippen LogP contribution in [0.5, 0.6) is 17.2 Å². The first-order valence-corrected chi connectivity index (χ1v) is 27.9. The highest BCUT2D eigenvalue weighted by molar-refractivity contribution is 7.87. The third-order valence-electron chi connectivity index (χ3n) is 10.8. The maximum Gasteiger partial charge on any atom is 0.297 e.